The second-order valence-electron chi connectivity index (χ2n) is 8.23. The van der Waals surface area contributed by atoms with Crippen LogP contribution in [0.4, 0.5) is 11.5 Å². The van der Waals surface area contributed by atoms with Gasteiger partial charge in [-0.15, -0.1) is 0 Å². The van der Waals surface area contributed by atoms with Crippen molar-refractivity contribution in [3.63, 3.8) is 0 Å². The van der Waals surface area contributed by atoms with Crippen molar-refractivity contribution in [2.75, 3.05) is 24.3 Å². The molecule has 3 rings (SSSR count). The van der Waals surface area contributed by atoms with Crippen molar-refractivity contribution >= 4 is 28.4 Å². The summed E-state index contributed by atoms with van der Waals surface area (Å²) in [6, 6.07) is 5.28. The van der Waals surface area contributed by atoms with E-state index in [0.717, 1.165) is 11.8 Å². The molecule has 2 heterocycles. The highest BCUT2D eigenvalue weighted by Crippen LogP contribution is 2.31. The van der Waals surface area contributed by atoms with Crippen molar-refractivity contribution in [3.8, 4) is 5.75 Å². The lowest BCUT2D eigenvalue weighted by atomic mass is 10.1. The molecular weight excluding hydrogens is 412 g/mol. The summed E-state index contributed by atoms with van der Waals surface area (Å²) >= 11 is 0. The zero-order chi connectivity index (χ0) is 23.6. The number of unbranched alkanes of at least 4 members (excludes halogenated alkanes) is 1. The Balaban J connectivity index is 2.17. The molecule has 0 atom stereocenters. The molecule has 0 aliphatic heterocycles. The number of ether oxygens (including phenoxy) is 1. The fourth-order valence-corrected chi connectivity index (χ4v) is 3.67. The first-order chi connectivity index (χ1) is 15.2. The molecule has 0 spiro atoms. The van der Waals surface area contributed by atoms with E-state index >= 15 is 0 Å². The summed E-state index contributed by atoms with van der Waals surface area (Å²) < 4.78 is 12.4. The maximum Gasteiger partial charge on any atom is 0.330 e. The molecule has 3 aromatic rings. The summed E-state index contributed by atoms with van der Waals surface area (Å²) in [5, 5.41) is 0.745. The fraction of sp³-hybridized carbons (Fsp3) is 0.435. The summed E-state index contributed by atoms with van der Waals surface area (Å²) in [6.45, 7) is 8.19. The Morgan fingerprint density at radius 3 is 2.66 bits per heavy atom. The highest BCUT2D eigenvalue weighted by Gasteiger charge is 2.29. The lowest BCUT2D eigenvalue weighted by molar-refractivity contribution is 0.0961. The number of rotatable bonds is 8. The summed E-state index contributed by atoms with van der Waals surface area (Å²) in [5.41, 5.74) is 6.11. The van der Waals surface area contributed by atoms with E-state index in [2.05, 4.69) is 4.98 Å². The van der Waals surface area contributed by atoms with Crippen LogP contribution in [-0.2, 0) is 6.54 Å². The number of H-pyrrole nitrogens is 1. The third-order valence-corrected chi connectivity index (χ3v) is 5.35. The number of aromatic nitrogens is 2. The number of benzene rings is 1. The Morgan fingerprint density at radius 2 is 2.03 bits per heavy atom. The lowest BCUT2D eigenvalue weighted by Gasteiger charge is -2.24. The molecule has 9 heteroatoms. The highest BCUT2D eigenvalue weighted by atomic mass is 16.5. The van der Waals surface area contributed by atoms with Gasteiger partial charge in [0.05, 0.1) is 7.11 Å². The smallest absolute Gasteiger partial charge is 0.330 e. The van der Waals surface area contributed by atoms with E-state index in [1.807, 2.05) is 20.8 Å². The summed E-state index contributed by atoms with van der Waals surface area (Å²) in [5.74, 6) is 0.348. The number of fused-ring (bicyclic) bond motifs is 1. The van der Waals surface area contributed by atoms with Crippen LogP contribution in [0.3, 0.4) is 0 Å². The number of carbonyl (C=O) groups is 1. The van der Waals surface area contributed by atoms with E-state index in [1.54, 1.807) is 32.2 Å². The predicted octanol–water partition coefficient (Wildman–Crippen LogP) is 3.28. The summed E-state index contributed by atoms with van der Waals surface area (Å²) in [4.78, 5) is 42.4. The highest BCUT2D eigenvalue weighted by molar-refractivity contribution is 6.09. The van der Waals surface area contributed by atoms with Gasteiger partial charge in [-0.1, -0.05) is 27.2 Å². The van der Waals surface area contributed by atoms with E-state index in [1.165, 1.54) is 9.47 Å². The minimum absolute atomic E-state index is 0.0349. The molecule has 0 aliphatic rings. The third kappa shape index (κ3) is 4.28. The number of carbonyl (C=O) groups excluding carboxylic acids is 1. The monoisotopic (exact) mass is 442 g/mol. The van der Waals surface area contributed by atoms with E-state index in [4.69, 9.17) is 14.9 Å². The number of hydrogen-bond donors (Lipinski definition) is 2. The van der Waals surface area contributed by atoms with Gasteiger partial charge >= 0.3 is 5.69 Å². The minimum atomic E-state index is -0.701. The van der Waals surface area contributed by atoms with Crippen LogP contribution in [0.1, 0.15) is 49.7 Å². The second-order valence-corrected chi connectivity index (χ2v) is 8.23. The van der Waals surface area contributed by atoms with Gasteiger partial charge in [-0.05, 0) is 37.5 Å². The number of furan rings is 1. The van der Waals surface area contributed by atoms with Crippen LogP contribution in [0.5, 0.6) is 5.75 Å². The second kappa shape index (κ2) is 9.33. The predicted molar refractivity (Wildman–Crippen MR) is 125 cm³/mol. The van der Waals surface area contributed by atoms with E-state index in [-0.39, 0.29) is 29.7 Å². The maximum atomic E-state index is 13.6. The lowest BCUT2D eigenvalue weighted by Crippen LogP contribution is -2.42. The Kier molecular flexibility index (Phi) is 6.76. The van der Waals surface area contributed by atoms with Crippen molar-refractivity contribution in [2.45, 2.75) is 47.1 Å². The molecule has 0 saturated carbocycles. The average Bonchev–Trinajstić information content (AvgIpc) is 3.08. The van der Waals surface area contributed by atoms with Crippen LogP contribution in [0, 0.1) is 12.8 Å². The normalized spacial score (nSPS) is 11.3. The van der Waals surface area contributed by atoms with Crippen LogP contribution in [0.25, 0.3) is 11.0 Å². The Labute approximate surface area is 185 Å². The van der Waals surface area contributed by atoms with Gasteiger partial charge in [-0.25, -0.2) is 4.79 Å². The van der Waals surface area contributed by atoms with Gasteiger partial charge < -0.3 is 14.9 Å². The van der Waals surface area contributed by atoms with Crippen LogP contribution in [0.2, 0.25) is 0 Å². The molecule has 32 heavy (non-hydrogen) atoms. The first kappa shape index (κ1) is 23.2. The number of nitrogen functional groups attached to an aromatic ring is 1. The number of anilines is 2. The molecule has 9 nitrogen and oxygen atoms in total. The van der Waals surface area contributed by atoms with Gasteiger partial charge in [0.1, 0.15) is 17.2 Å². The van der Waals surface area contributed by atoms with Gasteiger partial charge in [0, 0.05) is 24.0 Å². The average molecular weight is 443 g/mol. The molecule has 0 aliphatic carbocycles. The van der Waals surface area contributed by atoms with Crippen LogP contribution >= 0.6 is 0 Å². The first-order valence-electron chi connectivity index (χ1n) is 10.7. The van der Waals surface area contributed by atoms with Gasteiger partial charge in [0.25, 0.3) is 11.5 Å². The summed E-state index contributed by atoms with van der Waals surface area (Å²) in [6.07, 6.45) is 1.44. The Bertz CT molecular complexity index is 1250. The van der Waals surface area contributed by atoms with Gasteiger partial charge in [0.15, 0.2) is 11.4 Å². The molecule has 0 saturated heterocycles. The Hall–Kier alpha value is -3.49. The summed E-state index contributed by atoms with van der Waals surface area (Å²) in [7, 11) is 1.57. The molecule has 1 amide bonds. The molecule has 0 unspecified atom stereocenters. The van der Waals surface area contributed by atoms with Crippen molar-refractivity contribution in [1.29, 1.82) is 0 Å². The molecule has 3 N–H and O–H groups in total. The molecule has 172 valence electrons. The number of methoxy groups -OCH3 is 1. The van der Waals surface area contributed by atoms with Crippen molar-refractivity contribution in [3.05, 3.63) is 50.4 Å². The van der Waals surface area contributed by atoms with E-state index in [9.17, 15) is 14.4 Å². The molecule has 1 aromatic carbocycles. The zero-order valence-electron chi connectivity index (χ0n) is 19.2. The molecule has 0 radical (unpaired) electrons. The number of nitrogens with two attached hydrogens (primary N) is 1. The molecule has 0 fully saturated rings. The maximum absolute atomic E-state index is 13.6. The number of hydrogen-bond acceptors (Lipinski definition) is 6. The van der Waals surface area contributed by atoms with Crippen molar-refractivity contribution < 1.29 is 13.9 Å². The minimum Gasteiger partial charge on any atom is -0.497 e. The number of nitrogens with one attached hydrogen (secondary N) is 1. The first-order valence-corrected chi connectivity index (χ1v) is 10.7. The molecular formula is C23H30N4O5. The van der Waals surface area contributed by atoms with Gasteiger partial charge in [0.2, 0.25) is 0 Å². The number of nitrogens with zero attached hydrogens (tertiary/aromatic N) is 2. The number of amides is 1. The van der Waals surface area contributed by atoms with Crippen LogP contribution in [-0.4, -0.2) is 29.1 Å². The van der Waals surface area contributed by atoms with E-state index < -0.39 is 17.2 Å². The van der Waals surface area contributed by atoms with E-state index in [0.29, 0.717) is 29.9 Å². The molecule has 2 aromatic heterocycles. The SMILES string of the molecule is CCCCN(C(=O)c1oc2ccc(OC)cc2c1C)c1c(N)n(CC(C)C)c(=O)[nH]c1=O. The van der Waals surface area contributed by atoms with Crippen LogP contribution in [0.15, 0.2) is 32.2 Å². The van der Waals surface area contributed by atoms with Crippen molar-refractivity contribution in [1.82, 2.24) is 9.55 Å². The van der Waals surface area contributed by atoms with Gasteiger partial charge in [-0.3, -0.25) is 24.0 Å². The van der Waals surface area contributed by atoms with Crippen molar-refractivity contribution in [2.24, 2.45) is 5.92 Å². The largest absolute Gasteiger partial charge is 0.497 e. The number of aryl methyl sites for hydroxylation is 1. The Morgan fingerprint density at radius 1 is 1.31 bits per heavy atom. The topological polar surface area (TPSA) is 124 Å². The standard InChI is InChI=1S/C23H30N4O5/c1-6-7-10-26(18-20(24)27(12-13(2)3)23(30)25-21(18)28)22(29)19-14(4)16-11-15(31-5)8-9-17(16)32-19/h8-9,11,13H,6-7,10,12,24H2,1-5H3,(H,25,28,30). The number of aromatic amines is 1. The quantitative estimate of drug-likeness (QED) is 0.552. The third-order valence-electron chi connectivity index (χ3n) is 5.35. The van der Waals surface area contributed by atoms with Gasteiger partial charge in [-0.2, -0.15) is 0 Å². The fourth-order valence-electron chi connectivity index (χ4n) is 3.67. The van der Waals surface area contributed by atoms with Crippen LogP contribution < -0.4 is 26.6 Å². The molecule has 0 bridgehead atoms. The zero-order valence-corrected chi connectivity index (χ0v) is 19.2.